The average molecular weight is 969 g/mol. The van der Waals surface area contributed by atoms with E-state index in [1.807, 2.05) is 0 Å². The molecule has 5 rings (SSSR count). The Morgan fingerprint density at radius 3 is 1.11 bits per heavy atom. The predicted molar refractivity (Wildman–Crippen MR) is 252 cm³/mol. The molecule has 0 aromatic heterocycles. The summed E-state index contributed by atoms with van der Waals surface area (Å²) in [5.74, 6) is -9.75. The number of esters is 2. The van der Waals surface area contributed by atoms with Crippen LogP contribution in [0.4, 0.5) is 21.0 Å². The average Bonchev–Trinajstić information content (AvgIpc) is 3.25. The summed E-state index contributed by atoms with van der Waals surface area (Å²) in [5, 5.41) is 33.6. The summed E-state index contributed by atoms with van der Waals surface area (Å²) in [6.45, 7) is 12.4. The molecule has 0 bridgehead atoms. The van der Waals surface area contributed by atoms with E-state index >= 15 is 0 Å². The maximum atomic E-state index is 14.5. The van der Waals surface area contributed by atoms with Gasteiger partial charge in [0.25, 0.3) is 11.8 Å². The number of benzene rings is 4. The fraction of sp³-hybridized carbons (Fsp3) is 0.360. The third kappa shape index (κ3) is 12.7. The zero-order chi connectivity index (χ0) is 51.9. The van der Waals surface area contributed by atoms with Crippen LogP contribution in [0, 0.1) is 0 Å². The number of hydrogen-bond donors (Lipinski definition) is 6. The maximum Gasteiger partial charge on any atom is 0.412 e. The Kier molecular flexibility index (Phi) is 15.8. The molecule has 20 heteroatoms. The topological polar surface area (TPSA) is 281 Å². The van der Waals surface area contributed by atoms with Gasteiger partial charge >= 0.3 is 36.1 Å². The molecule has 0 radical (unpaired) electrons. The number of amides is 4. The van der Waals surface area contributed by atoms with Crippen LogP contribution >= 0.6 is 0 Å². The number of rotatable bonds is 14. The van der Waals surface area contributed by atoms with Crippen molar-refractivity contribution in [2.45, 2.75) is 102 Å². The van der Waals surface area contributed by atoms with E-state index in [2.05, 4.69) is 21.3 Å². The van der Waals surface area contributed by atoms with E-state index in [0.29, 0.717) is 0 Å². The SMILES string of the molecule is COc1cc(C2CC(NC(=O)c3ccc(NC(=O)OC(C)(C)C)cc3)(C(=O)O)C(c3ccc(OC(C)=O)c(OC)c3)CC2(NC(=O)c2ccc(NC(=O)OC(C)(C)C)cc2)C(=O)O)ccc1OC(C)=O. The first-order valence-electron chi connectivity index (χ1n) is 21.7. The van der Waals surface area contributed by atoms with Gasteiger partial charge in [-0.1, -0.05) is 12.1 Å². The van der Waals surface area contributed by atoms with Gasteiger partial charge in [-0.2, -0.15) is 0 Å². The maximum absolute atomic E-state index is 14.5. The summed E-state index contributed by atoms with van der Waals surface area (Å²) >= 11 is 0. The quantitative estimate of drug-likeness (QED) is 0.0530. The molecule has 6 N–H and O–H groups in total. The lowest BCUT2D eigenvalue weighted by molar-refractivity contribution is -0.155. The van der Waals surface area contributed by atoms with Gasteiger partial charge in [0.15, 0.2) is 23.0 Å². The van der Waals surface area contributed by atoms with E-state index in [4.69, 9.17) is 28.4 Å². The highest BCUT2D eigenvalue weighted by Crippen LogP contribution is 2.54. The lowest BCUT2D eigenvalue weighted by Crippen LogP contribution is -2.70. The molecule has 0 heterocycles. The Balaban J connectivity index is 1.70. The first-order valence-corrected chi connectivity index (χ1v) is 21.7. The van der Waals surface area contributed by atoms with Gasteiger partial charge in [0.1, 0.15) is 22.3 Å². The largest absolute Gasteiger partial charge is 0.493 e. The van der Waals surface area contributed by atoms with E-state index < -0.39 is 94.8 Å². The monoisotopic (exact) mass is 968 g/mol. The number of hydrogen-bond acceptors (Lipinski definition) is 14. The Labute approximate surface area is 403 Å². The molecule has 1 aliphatic carbocycles. The molecule has 0 spiro atoms. The van der Waals surface area contributed by atoms with Crippen molar-refractivity contribution < 1.29 is 77.0 Å². The van der Waals surface area contributed by atoms with Crippen LogP contribution in [-0.4, -0.2) is 94.6 Å². The number of aliphatic carboxylic acids is 2. The van der Waals surface area contributed by atoms with Gasteiger partial charge in [-0.05, 0) is 138 Å². The minimum Gasteiger partial charge on any atom is -0.493 e. The Morgan fingerprint density at radius 1 is 0.514 bits per heavy atom. The highest BCUT2D eigenvalue weighted by atomic mass is 16.6. The number of methoxy groups -OCH3 is 2. The molecular formula is C50H56N4O16. The van der Waals surface area contributed by atoms with Gasteiger partial charge in [-0.3, -0.25) is 29.8 Å². The Bertz CT molecular complexity index is 2490. The van der Waals surface area contributed by atoms with Crippen LogP contribution < -0.4 is 40.2 Å². The molecule has 1 saturated carbocycles. The molecule has 372 valence electrons. The number of carboxylic acid groups (broad SMARTS) is 2. The van der Waals surface area contributed by atoms with Gasteiger partial charge in [-0.15, -0.1) is 0 Å². The van der Waals surface area contributed by atoms with Crippen molar-refractivity contribution in [2.24, 2.45) is 0 Å². The standard InChI is InChI=1S/C50H56N4O16/c1-27(55)67-37-21-15-31(23-39(37)65-9)35-25-50(44(61)62,54-42(58)30-13-19-34(20-14-30)52-46(64)70-48(6,7)8)36(32-16-22-38(68-28(2)56)40(24-32)66-10)26-49(35,43(59)60)53-41(57)29-11-17-33(18-12-29)51-45(63)69-47(3,4)5/h11-24,35-36H,25-26H2,1-10H3,(H,51,63)(H,52,64)(H,53,57)(H,54,58)(H,59,60)(H,61,62). The van der Waals surface area contributed by atoms with Crippen LogP contribution in [0.1, 0.15) is 112 Å². The van der Waals surface area contributed by atoms with E-state index in [1.165, 1.54) is 99.1 Å². The van der Waals surface area contributed by atoms with Crippen LogP contribution in [0.25, 0.3) is 0 Å². The number of nitrogens with one attached hydrogen (secondary N) is 4. The van der Waals surface area contributed by atoms with Crippen LogP contribution in [0.5, 0.6) is 23.0 Å². The molecule has 70 heavy (non-hydrogen) atoms. The van der Waals surface area contributed by atoms with E-state index in [1.54, 1.807) is 41.5 Å². The lowest BCUT2D eigenvalue weighted by Gasteiger charge is -2.52. The van der Waals surface area contributed by atoms with Crippen molar-refractivity contribution in [1.82, 2.24) is 10.6 Å². The molecule has 0 saturated heterocycles. The van der Waals surface area contributed by atoms with Crippen LogP contribution in [0.2, 0.25) is 0 Å². The lowest BCUT2D eigenvalue weighted by atomic mass is 9.56. The zero-order valence-corrected chi connectivity index (χ0v) is 40.3. The highest BCUT2D eigenvalue weighted by Gasteiger charge is 2.63. The number of carboxylic acids is 2. The molecule has 4 aromatic rings. The third-order valence-corrected chi connectivity index (χ3v) is 11.0. The number of carbonyl (C=O) groups excluding carboxylic acids is 6. The summed E-state index contributed by atoms with van der Waals surface area (Å²) in [5.41, 5.74) is -5.92. The van der Waals surface area contributed by atoms with Gasteiger partial charge in [0.05, 0.1) is 14.2 Å². The van der Waals surface area contributed by atoms with Gasteiger partial charge < -0.3 is 49.3 Å². The first kappa shape index (κ1) is 52.8. The predicted octanol–water partition coefficient (Wildman–Crippen LogP) is 7.42. The Hall–Kier alpha value is -8.16. The number of ether oxygens (including phenoxy) is 6. The van der Waals surface area contributed by atoms with E-state index in [9.17, 15) is 48.6 Å². The van der Waals surface area contributed by atoms with Gasteiger partial charge in [-0.25, -0.2) is 19.2 Å². The van der Waals surface area contributed by atoms with Crippen LogP contribution in [-0.2, 0) is 28.7 Å². The fourth-order valence-electron chi connectivity index (χ4n) is 8.02. The van der Waals surface area contributed by atoms with Crippen molar-refractivity contribution in [1.29, 1.82) is 0 Å². The molecule has 20 nitrogen and oxygen atoms in total. The molecule has 1 aliphatic rings. The molecule has 0 aliphatic heterocycles. The van der Waals surface area contributed by atoms with Crippen molar-refractivity contribution in [3.63, 3.8) is 0 Å². The van der Waals surface area contributed by atoms with Crippen molar-refractivity contribution in [3.8, 4) is 23.0 Å². The van der Waals surface area contributed by atoms with E-state index in [0.717, 1.165) is 13.8 Å². The third-order valence-electron chi connectivity index (χ3n) is 11.0. The second kappa shape index (κ2) is 21.0. The minimum absolute atomic E-state index is 0.0515. The van der Waals surface area contributed by atoms with Gasteiger partial charge in [0, 0.05) is 48.2 Å². The normalized spacial score (nSPS) is 18.7. The fourth-order valence-corrected chi connectivity index (χ4v) is 8.02. The molecular weight excluding hydrogens is 913 g/mol. The van der Waals surface area contributed by atoms with Crippen molar-refractivity contribution in [3.05, 3.63) is 107 Å². The number of carbonyl (C=O) groups is 8. The van der Waals surface area contributed by atoms with Gasteiger partial charge in [0.2, 0.25) is 0 Å². The summed E-state index contributed by atoms with van der Waals surface area (Å²) < 4.78 is 32.3. The molecule has 4 atom stereocenters. The summed E-state index contributed by atoms with van der Waals surface area (Å²) in [6.07, 6.45) is -2.99. The smallest absolute Gasteiger partial charge is 0.412 e. The van der Waals surface area contributed by atoms with Crippen molar-refractivity contribution in [2.75, 3.05) is 24.9 Å². The minimum atomic E-state index is -2.43. The van der Waals surface area contributed by atoms with Crippen molar-refractivity contribution >= 4 is 59.3 Å². The summed E-state index contributed by atoms with van der Waals surface area (Å²) in [4.78, 5) is 106. The number of anilines is 2. The Morgan fingerprint density at radius 2 is 0.843 bits per heavy atom. The molecule has 4 aromatic carbocycles. The first-order chi connectivity index (χ1) is 32.7. The molecule has 1 fully saturated rings. The molecule has 4 amide bonds. The van der Waals surface area contributed by atoms with E-state index in [-0.39, 0.29) is 56.6 Å². The zero-order valence-electron chi connectivity index (χ0n) is 40.3. The second-order valence-corrected chi connectivity index (χ2v) is 18.4. The molecule has 4 unspecified atom stereocenters. The summed E-state index contributed by atoms with van der Waals surface area (Å²) in [6, 6.07) is 19.0. The van der Waals surface area contributed by atoms with Crippen LogP contribution in [0.15, 0.2) is 84.9 Å². The highest BCUT2D eigenvalue weighted by molar-refractivity contribution is 6.01. The summed E-state index contributed by atoms with van der Waals surface area (Å²) in [7, 11) is 2.53. The second-order valence-electron chi connectivity index (χ2n) is 18.4. The van der Waals surface area contributed by atoms with Crippen LogP contribution in [0.3, 0.4) is 0 Å².